The van der Waals surface area contributed by atoms with Gasteiger partial charge in [0.05, 0.1) is 6.04 Å². The van der Waals surface area contributed by atoms with Crippen LogP contribution in [0, 0.1) is 0 Å². The van der Waals surface area contributed by atoms with Crippen LogP contribution < -0.4 is 10.6 Å². The fourth-order valence-corrected chi connectivity index (χ4v) is 4.60. The molecule has 2 heterocycles. The smallest absolute Gasteiger partial charge is 0.320 e. The van der Waals surface area contributed by atoms with Crippen LogP contribution in [0.1, 0.15) is 46.2 Å². The highest BCUT2D eigenvalue weighted by Gasteiger charge is 2.33. The highest BCUT2D eigenvalue weighted by molar-refractivity contribution is 7.13. The van der Waals surface area contributed by atoms with Gasteiger partial charge in [-0.1, -0.05) is 48.1 Å². The number of likely N-dealkylation sites (tertiary alicyclic amines) is 1. The van der Waals surface area contributed by atoms with Gasteiger partial charge in [0.2, 0.25) is 5.01 Å². The number of nitrogens with zero attached hydrogens (tertiary/aromatic N) is 3. The molecule has 0 radical (unpaired) electrons. The van der Waals surface area contributed by atoms with Crippen LogP contribution in [-0.4, -0.2) is 33.6 Å². The number of halogens is 1. The Morgan fingerprint density at radius 3 is 2.68 bits per heavy atom. The molecular weight excluding hydrogens is 434 g/mol. The van der Waals surface area contributed by atoms with Crippen LogP contribution in [0.15, 0.2) is 48.5 Å². The third kappa shape index (κ3) is 4.86. The van der Waals surface area contributed by atoms with E-state index in [9.17, 15) is 9.59 Å². The SMILES string of the molecule is CCc1ccccc1NC(=O)N1CCCC1c1nnc(C(=O)Nc2ccc(Cl)cc2)s1. The lowest BCUT2D eigenvalue weighted by Gasteiger charge is -2.23. The maximum Gasteiger partial charge on any atom is 0.322 e. The number of urea groups is 1. The third-order valence-electron chi connectivity index (χ3n) is 5.18. The van der Waals surface area contributed by atoms with Crippen molar-refractivity contribution < 1.29 is 9.59 Å². The Labute approximate surface area is 189 Å². The van der Waals surface area contributed by atoms with E-state index in [1.807, 2.05) is 24.3 Å². The van der Waals surface area contributed by atoms with E-state index < -0.39 is 0 Å². The van der Waals surface area contributed by atoms with Crippen LogP contribution in [0.3, 0.4) is 0 Å². The van der Waals surface area contributed by atoms with Crippen LogP contribution in [0.2, 0.25) is 5.02 Å². The minimum absolute atomic E-state index is 0.161. The normalized spacial score (nSPS) is 15.7. The lowest BCUT2D eigenvalue weighted by molar-refractivity contribution is 0.102. The van der Waals surface area contributed by atoms with E-state index in [2.05, 4.69) is 27.8 Å². The van der Waals surface area contributed by atoms with E-state index in [0.29, 0.717) is 22.3 Å². The second kappa shape index (κ2) is 9.45. The number of hydrogen-bond donors (Lipinski definition) is 2. The van der Waals surface area contributed by atoms with E-state index in [-0.39, 0.29) is 23.0 Å². The topological polar surface area (TPSA) is 87.2 Å². The summed E-state index contributed by atoms with van der Waals surface area (Å²) in [6, 6.07) is 14.3. The molecule has 1 atom stereocenters. The standard InChI is InChI=1S/C22H22ClN5O2S/c1-2-14-6-3-4-7-17(14)25-22(30)28-13-5-8-18(28)20-26-27-21(31-20)19(29)24-16-11-9-15(23)10-12-16/h3-4,6-7,9-12,18H,2,5,8,13H2,1H3,(H,24,29)(H,25,30). The minimum atomic E-state index is -0.336. The molecule has 0 spiro atoms. The summed E-state index contributed by atoms with van der Waals surface area (Å²) in [5, 5.41) is 15.6. The van der Waals surface area contributed by atoms with Gasteiger partial charge in [0.25, 0.3) is 5.91 Å². The van der Waals surface area contributed by atoms with E-state index in [0.717, 1.165) is 30.5 Å². The van der Waals surface area contributed by atoms with Crippen LogP contribution in [0.5, 0.6) is 0 Å². The zero-order chi connectivity index (χ0) is 21.8. The first-order valence-corrected chi connectivity index (χ1v) is 11.3. The molecule has 4 rings (SSSR count). The minimum Gasteiger partial charge on any atom is -0.320 e. The van der Waals surface area contributed by atoms with Crippen LogP contribution in [-0.2, 0) is 6.42 Å². The van der Waals surface area contributed by atoms with Gasteiger partial charge in [-0.2, -0.15) is 0 Å². The zero-order valence-electron chi connectivity index (χ0n) is 17.0. The van der Waals surface area contributed by atoms with Crippen LogP contribution >= 0.6 is 22.9 Å². The molecule has 31 heavy (non-hydrogen) atoms. The summed E-state index contributed by atoms with van der Waals surface area (Å²) in [6.45, 7) is 2.69. The summed E-state index contributed by atoms with van der Waals surface area (Å²) in [5.74, 6) is -0.336. The molecule has 1 fully saturated rings. The first-order valence-electron chi connectivity index (χ1n) is 10.1. The van der Waals surface area contributed by atoms with Crippen molar-refractivity contribution in [2.45, 2.75) is 32.2 Å². The van der Waals surface area contributed by atoms with E-state index in [4.69, 9.17) is 11.6 Å². The molecule has 2 N–H and O–H groups in total. The number of carbonyl (C=O) groups is 2. The van der Waals surface area contributed by atoms with Crippen molar-refractivity contribution in [1.82, 2.24) is 15.1 Å². The highest BCUT2D eigenvalue weighted by Crippen LogP contribution is 2.34. The maximum atomic E-state index is 13.0. The lowest BCUT2D eigenvalue weighted by Crippen LogP contribution is -2.34. The average molecular weight is 456 g/mol. The molecule has 160 valence electrons. The number of para-hydroxylation sites is 1. The second-order valence-electron chi connectivity index (χ2n) is 7.20. The quantitative estimate of drug-likeness (QED) is 0.541. The number of benzene rings is 2. The summed E-state index contributed by atoms with van der Waals surface area (Å²) in [6.07, 6.45) is 2.50. The van der Waals surface area contributed by atoms with Gasteiger partial charge in [-0.05, 0) is 55.2 Å². The predicted molar refractivity (Wildman–Crippen MR) is 123 cm³/mol. The third-order valence-corrected chi connectivity index (χ3v) is 6.45. The molecular formula is C22H22ClN5O2S. The first kappa shape index (κ1) is 21.3. The molecule has 1 unspecified atom stereocenters. The summed E-state index contributed by atoms with van der Waals surface area (Å²) < 4.78 is 0. The fraction of sp³-hybridized carbons (Fsp3) is 0.273. The van der Waals surface area contributed by atoms with Crippen LogP contribution in [0.25, 0.3) is 0 Å². The fourth-order valence-electron chi connectivity index (χ4n) is 3.58. The summed E-state index contributed by atoms with van der Waals surface area (Å²) in [7, 11) is 0. The van der Waals surface area contributed by atoms with Crippen molar-refractivity contribution in [2.24, 2.45) is 0 Å². The van der Waals surface area contributed by atoms with Gasteiger partial charge in [-0.25, -0.2) is 4.79 Å². The van der Waals surface area contributed by atoms with E-state index >= 15 is 0 Å². The zero-order valence-corrected chi connectivity index (χ0v) is 18.5. The molecule has 0 bridgehead atoms. The Morgan fingerprint density at radius 1 is 1.13 bits per heavy atom. The van der Waals surface area contributed by atoms with Crippen molar-refractivity contribution in [1.29, 1.82) is 0 Å². The molecule has 1 aliphatic rings. The number of nitrogens with one attached hydrogen (secondary N) is 2. The van der Waals surface area contributed by atoms with Crippen molar-refractivity contribution in [3.63, 3.8) is 0 Å². The molecule has 3 amide bonds. The highest BCUT2D eigenvalue weighted by atomic mass is 35.5. The Morgan fingerprint density at radius 2 is 1.90 bits per heavy atom. The number of hydrogen-bond acceptors (Lipinski definition) is 5. The molecule has 1 aromatic heterocycles. The molecule has 9 heteroatoms. The first-order chi connectivity index (χ1) is 15.0. The second-order valence-corrected chi connectivity index (χ2v) is 8.64. The van der Waals surface area contributed by atoms with Gasteiger partial charge in [-0.3, -0.25) is 4.79 Å². The van der Waals surface area contributed by atoms with E-state index in [1.165, 1.54) is 11.3 Å². The van der Waals surface area contributed by atoms with Gasteiger partial charge in [-0.15, -0.1) is 10.2 Å². The van der Waals surface area contributed by atoms with Crippen molar-refractivity contribution in [3.05, 3.63) is 69.1 Å². The number of anilines is 2. The molecule has 3 aromatic rings. The van der Waals surface area contributed by atoms with E-state index in [1.54, 1.807) is 29.2 Å². The monoisotopic (exact) mass is 455 g/mol. The van der Waals surface area contributed by atoms with Gasteiger partial charge in [0.15, 0.2) is 0 Å². The molecule has 7 nitrogen and oxygen atoms in total. The lowest BCUT2D eigenvalue weighted by atomic mass is 10.1. The van der Waals surface area contributed by atoms with Crippen molar-refractivity contribution >= 4 is 46.3 Å². The van der Waals surface area contributed by atoms with Gasteiger partial charge in [0.1, 0.15) is 5.01 Å². The maximum absolute atomic E-state index is 13.0. The van der Waals surface area contributed by atoms with Crippen molar-refractivity contribution in [2.75, 3.05) is 17.2 Å². The number of rotatable bonds is 5. The molecule has 1 aliphatic heterocycles. The van der Waals surface area contributed by atoms with Gasteiger partial charge >= 0.3 is 6.03 Å². The predicted octanol–water partition coefficient (Wildman–Crippen LogP) is 5.38. The number of amides is 3. The number of aryl methyl sites for hydroxylation is 1. The summed E-state index contributed by atoms with van der Waals surface area (Å²) in [4.78, 5) is 27.3. The summed E-state index contributed by atoms with van der Waals surface area (Å²) >= 11 is 7.09. The van der Waals surface area contributed by atoms with Gasteiger partial charge < -0.3 is 15.5 Å². The Balaban J connectivity index is 1.45. The van der Waals surface area contributed by atoms with Crippen LogP contribution in [0.4, 0.5) is 16.2 Å². The Bertz CT molecular complexity index is 1090. The summed E-state index contributed by atoms with van der Waals surface area (Å²) in [5.41, 5.74) is 2.53. The molecule has 0 saturated carbocycles. The average Bonchev–Trinajstić information content (AvgIpc) is 3.45. The number of carbonyl (C=O) groups excluding carboxylic acids is 2. The molecule has 1 saturated heterocycles. The Kier molecular flexibility index (Phi) is 6.48. The largest absolute Gasteiger partial charge is 0.322 e. The Hall–Kier alpha value is -2.97. The van der Waals surface area contributed by atoms with Crippen molar-refractivity contribution in [3.8, 4) is 0 Å². The van der Waals surface area contributed by atoms with Gasteiger partial charge in [0, 0.05) is 22.9 Å². The molecule has 0 aliphatic carbocycles. The number of aromatic nitrogens is 2. The molecule has 2 aromatic carbocycles.